The van der Waals surface area contributed by atoms with Crippen molar-refractivity contribution in [2.24, 2.45) is 7.05 Å². The number of hydrogen-bond acceptors (Lipinski definition) is 5. The summed E-state index contributed by atoms with van der Waals surface area (Å²) in [5, 5.41) is 3.09. The highest BCUT2D eigenvalue weighted by Gasteiger charge is 2.29. The summed E-state index contributed by atoms with van der Waals surface area (Å²) in [6.07, 6.45) is 5.01. The van der Waals surface area contributed by atoms with Crippen LogP contribution in [-0.4, -0.2) is 34.9 Å². The summed E-state index contributed by atoms with van der Waals surface area (Å²) in [6, 6.07) is 5.39. The van der Waals surface area contributed by atoms with Crippen molar-refractivity contribution in [3.8, 4) is 11.5 Å². The smallest absolute Gasteiger partial charge is 0.255 e. The second-order valence-electron chi connectivity index (χ2n) is 6.02. The highest BCUT2D eigenvalue weighted by Crippen LogP contribution is 2.35. The number of amides is 1. The van der Waals surface area contributed by atoms with E-state index in [1.807, 2.05) is 17.8 Å². The Morgan fingerprint density at radius 3 is 3.12 bits per heavy atom. The summed E-state index contributed by atoms with van der Waals surface area (Å²) < 4.78 is 18.5. The zero-order valence-electron chi connectivity index (χ0n) is 13.4. The Hall–Kier alpha value is -2.54. The van der Waals surface area contributed by atoms with Gasteiger partial charge in [0, 0.05) is 19.7 Å². The molecule has 126 valence electrons. The summed E-state index contributed by atoms with van der Waals surface area (Å²) in [7, 11) is 1.94. The molecule has 1 amide bonds. The number of imidazole rings is 1. The van der Waals surface area contributed by atoms with E-state index in [4.69, 9.17) is 14.2 Å². The Kier molecular flexibility index (Phi) is 3.86. The van der Waals surface area contributed by atoms with Crippen molar-refractivity contribution in [3.63, 3.8) is 0 Å². The number of nitrogens with one attached hydrogen (secondary N) is 1. The fourth-order valence-corrected chi connectivity index (χ4v) is 3.18. The third-order valence-corrected chi connectivity index (χ3v) is 4.44. The Morgan fingerprint density at radius 2 is 2.29 bits per heavy atom. The number of hydrogen-bond donors (Lipinski definition) is 1. The van der Waals surface area contributed by atoms with Crippen LogP contribution < -0.4 is 14.8 Å². The standard InChI is InChI=1S/C17H19N3O4/c1-20-9-18-8-13(20)15-7-11(5-6-22-15)19-17(21)12-3-2-4-14-16(12)24-10-23-14/h2-4,8-9,11,15H,5-7,10H2,1H3,(H,19,21)/t11-,15-/m0/s1. The van der Waals surface area contributed by atoms with E-state index in [0.29, 0.717) is 23.7 Å². The molecule has 0 bridgehead atoms. The molecule has 1 N–H and O–H groups in total. The van der Waals surface area contributed by atoms with Crippen molar-refractivity contribution in [3.05, 3.63) is 42.0 Å². The highest BCUT2D eigenvalue weighted by atomic mass is 16.7. The monoisotopic (exact) mass is 329 g/mol. The second-order valence-corrected chi connectivity index (χ2v) is 6.02. The van der Waals surface area contributed by atoms with Gasteiger partial charge in [-0.2, -0.15) is 0 Å². The van der Waals surface area contributed by atoms with E-state index < -0.39 is 0 Å². The van der Waals surface area contributed by atoms with E-state index in [9.17, 15) is 4.79 Å². The maximum absolute atomic E-state index is 12.6. The normalized spacial score (nSPS) is 22.4. The first-order valence-corrected chi connectivity index (χ1v) is 7.99. The molecule has 2 aliphatic heterocycles. The number of aromatic nitrogens is 2. The first kappa shape index (κ1) is 15.0. The lowest BCUT2D eigenvalue weighted by atomic mass is 10.0. The van der Waals surface area contributed by atoms with Crippen LogP contribution in [0.1, 0.15) is 35.0 Å². The van der Waals surface area contributed by atoms with E-state index in [2.05, 4.69) is 10.3 Å². The van der Waals surface area contributed by atoms with Crippen LogP contribution in [0.5, 0.6) is 11.5 Å². The van der Waals surface area contributed by atoms with Crippen LogP contribution in [0.15, 0.2) is 30.7 Å². The highest BCUT2D eigenvalue weighted by molar-refractivity contribution is 5.98. The predicted octanol–water partition coefficient (Wildman–Crippen LogP) is 1.80. The molecule has 0 aliphatic carbocycles. The van der Waals surface area contributed by atoms with Crippen molar-refractivity contribution in [1.82, 2.24) is 14.9 Å². The zero-order chi connectivity index (χ0) is 16.5. The third-order valence-electron chi connectivity index (χ3n) is 4.44. The molecule has 7 heteroatoms. The van der Waals surface area contributed by atoms with Gasteiger partial charge < -0.3 is 24.1 Å². The molecular formula is C17H19N3O4. The fourth-order valence-electron chi connectivity index (χ4n) is 3.18. The molecular weight excluding hydrogens is 310 g/mol. The van der Waals surface area contributed by atoms with E-state index in [-0.39, 0.29) is 24.8 Å². The quantitative estimate of drug-likeness (QED) is 0.929. The molecule has 1 fully saturated rings. The maximum Gasteiger partial charge on any atom is 0.255 e. The molecule has 3 heterocycles. The molecule has 2 aliphatic rings. The Morgan fingerprint density at radius 1 is 1.38 bits per heavy atom. The molecule has 4 rings (SSSR count). The lowest BCUT2D eigenvalue weighted by Crippen LogP contribution is -2.40. The number of aryl methyl sites for hydroxylation is 1. The summed E-state index contributed by atoms with van der Waals surface area (Å²) >= 11 is 0. The number of ether oxygens (including phenoxy) is 3. The van der Waals surface area contributed by atoms with Gasteiger partial charge in [0.05, 0.1) is 23.8 Å². The zero-order valence-corrected chi connectivity index (χ0v) is 13.4. The maximum atomic E-state index is 12.6. The molecule has 0 unspecified atom stereocenters. The third kappa shape index (κ3) is 2.71. The minimum absolute atomic E-state index is 0.0457. The largest absolute Gasteiger partial charge is 0.454 e. The minimum atomic E-state index is -0.145. The lowest BCUT2D eigenvalue weighted by Gasteiger charge is -2.30. The molecule has 1 saturated heterocycles. The van der Waals surface area contributed by atoms with Crippen LogP contribution in [0.25, 0.3) is 0 Å². The van der Waals surface area contributed by atoms with Crippen LogP contribution in [-0.2, 0) is 11.8 Å². The van der Waals surface area contributed by atoms with Gasteiger partial charge in [-0.3, -0.25) is 4.79 Å². The minimum Gasteiger partial charge on any atom is -0.454 e. The average molecular weight is 329 g/mol. The lowest BCUT2D eigenvalue weighted by molar-refractivity contribution is -0.00303. The molecule has 0 saturated carbocycles. The van der Waals surface area contributed by atoms with Gasteiger partial charge in [0.25, 0.3) is 5.91 Å². The Bertz CT molecular complexity index is 758. The van der Waals surface area contributed by atoms with Crippen LogP contribution in [0, 0.1) is 0 Å². The van der Waals surface area contributed by atoms with Crippen molar-refractivity contribution >= 4 is 5.91 Å². The van der Waals surface area contributed by atoms with Gasteiger partial charge in [-0.1, -0.05) is 6.07 Å². The molecule has 1 aromatic carbocycles. The van der Waals surface area contributed by atoms with Crippen molar-refractivity contribution in [1.29, 1.82) is 0 Å². The van der Waals surface area contributed by atoms with Crippen molar-refractivity contribution in [2.45, 2.75) is 25.0 Å². The van der Waals surface area contributed by atoms with Gasteiger partial charge in [-0.05, 0) is 25.0 Å². The molecule has 0 radical (unpaired) electrons. The number of benzene rings is 1. The predicted molar refractivity (Wildman–Crippen MR) is 85.0 cm³/mol. The summed E-state index contributed by atoms with van der Waals surface area (Å²) in [5.74, 6) is 0.987. The van der Waals surface area contributed by atoms with Crippen molar-refractivity contribution in [2.75, 3.05) is 13.4 Å². The second kappa shape index (κ2) is 6.16. The van der Waals surface area contributed by atoms with E-state index in [0.717, 1.165) is 18.5 Å². The number of fused-ring (bicyclic) bond motifs is 1. The topological polar surface area (TPSA) is 74.6 Å². The average Bonchev–Trinajstić information content (AvgIpc) is 3.23. The van der Waals surface area contributed by atoms with Gasteiger partial charge in [0.2, 0.25) is 6.79 Å². The van der Waals surface area contributed by atoms with Crippen molar-refractivity contribution < 1.29 is 19.0 Å². The van der Waals surface area contributed by atoms with Gasteiger partial charge in [-0.25, -0.2) is 4.98 Å². The Balaban J connectivity index is 1.46. The molecule has 0 spiro atoms. The number of para-hydroxylation sites is 1. The number of carbonyl (C=O) groups excluding carboxylic acids is 1. The number of nitrogens with zero attached hydrogens (tertiary/aromatic N) is 2. The van der Waals surface area contributed by atoms with Gasteiger partial charge in [0.1, 0.15) is 6.10 Å². The summed E-state index contributed by atoms with van der Waals surface area (Å²) in [5.41, 5.74) is 1.53. The van der Waals surface area contributed by atoms with Crippen LogP contribution in [0.4, 0.5) is 0 Å². The fraction of sp³-hybridized carbons (Fsp3) is 0.412. The van der Waals surface area contributed by atoms with Gasteiger partial charge >= 0.3 is 0 Å². The molecule has 24 heavy (non-hydrogen) atoms. The molecule has 1 aromatic heterocycles. The number of rotatable bonds is 3. The summed E-state index contributed by atoms with van der Waals surface area (Å²) in [6.45, 7) is 0.757. The van der Waals surface area contributed by atoms with Crippen LogP contribution >= 0.6 is 0 Å². The number of carbonyl (C=O) groups is 1. The molecule has 7 nitrogen and oxygen atoms in total. The van der Waals surface area contributed by atoms with E-state index >= 15 is 0 Å². The summed E-state index contributed by atoms with van der Waals surface area (Å²) in [4.78, 5) is 16.8. The van der Waals surface area contributed by atoms with Gasteiger partial charge in [-0.15, -0.1) is 0 Å². The van der Waals surface area contributed by atoms with E-state index in [1.54, 1.807) is 24.5 Å². The SMILES string of the molecule is Cn1cncc1[C@@H]1C[C@@H](NC(=O)c2cccc3c2OCO3)CCO1. The first-order valence-electron chi connectivity index (χ1n) is 7.99. The Labute approximate surface area is 139 Å². The van der Waals surface area contributed by atoms with Gasteiger partial charge in [0.15, 0.2) is 11.5 Å². The first-order chi connectivity index (χ1) is 11.7. The van der Waals surface area contributed by atoms with Crippen LogP contribution in [0.3, 0.4) is 0 Å². The molecule has 2 aromatic rings. The molecule has 2 atom stereocenters. The van der Waals surface area contributed by atoms with Crippen LogP contribution in [0.2, 0.25) is 0 Å². The van der Waals surface area contributed by atoms with E-state index in [1.165, 1.54) is 0 Å².